The molecule has 3 unspecified atom stereocenters. The molecule has 0 radical (unpaired) electrons. The van der Waals surface area contributed by atoms with Gasteiger partial charge in [-0.05, 0) is 31.6 Å². The Balaban J connectivity index is 4.07. The molecule has 1 heteroatoms. The summed E-state index contributed by atoms with van der Waals surface area (Å²) >= 11 is 0. The van der Waals surface area contributed by atoms with Gasteiger partial charge >= 0.3 is 0 Å². The van der Waals surface area contributed by atoms with E-state index in [4.69, 9.17) is 0 Å². The molecule has 0 amide bonds. The van der Waals surface area contributed by atoms with E-state index in [1.165, 1.54) is 51.4 Å². The Morgan fingerprint density at radius 2 is 1.53 bits per heavy atom. The highest BCUT2D eigenvalue weighted by Gasteiger charge is 2.15. The maximum Gasteiger partial charge on any atom is 0.00695 e. The van der Waals surface area contributed by atoms with Crippen LogP contribution in [0.25, 0.3) is 0 Å². The minimum absolute atomic E-state index is 0.735. The Bertz CT molecular complexity index is 156. The van der Waals surface area contributed by atoms with E-state index in [1.807, 2.05) is 0 Å². The summed E-state index contributed by atoms with van der Waals surface area (Å²) in [5, 5.41) is 3.90. The standard InChI is InChI=1S/C16H35N/c1-6-10-12-16(11-7-2)17-15(9-4)13-14(5)8-3/h14-17H,6-13H2,1-5H3. The summed E-state index contributed by atoms with van der Waals surface area (Å²) in [6.45, 7) is 11.6. The first-order valence-corrected chi connectivity index (χ1v) is 7.93. The summed E-state index contributed by atoms with van der Waals surface area (Å²) in [7, 11) is 0. The Hall–Kier alpha value is -0.0400. The Morgan fingerprint density at radius 1 is 0.824 bits per heavy atom. The number of hydrogen-bond acceptors (Lipinski definition) is 1. The summed E-state index contributed by atoms with van der Waals surface area (Å²) in [4.78, 5) is 0. The average molecular weight is 241 g/mol. The topological polar surface area (TPSA) is 12.0 Å². The first kappa shape index (κ1) is 17.0. The van der Waals surface area contributed by atoms with Crippen molar-refractivity contribution in [3.63, 3.8) is 0 Å². The highest BCUT2D eigenvalue weighted by atomic mass is 14.9. The van der Waals surface area contributed by atoms with Crippen molar-refractivity contribution in [1.29, 1.82) is 0 Å². The van der Waals surface area contributed by atoms with E-state index < -0.39 is 0 Å². The van der Waals surface area contributed by atoms with Crippen LogP contribution in [-0.2, 0) is 0 Å². The predicted octanol–water partition coefficient (Wildman–Crippen LogP) is 5.15. The maximum absolute atomic E-state index is 3.90. The Kier molecular flexibility index (Phi) is 11.0. The van der Waals surface area contributed by atoms with Crippen LogP contribution >= 0.6 is 0 Å². The second-order valence-corrected chi connectivity index (χ2v) is 5.65. The number of hydrogen-bond donors (Lipinski definition) is 1. The molecule has 0 bridgehead atoms. The van der Waals surface area contributed by atoms with Gasteiger partial charge in [-0.2, -0.15) is 0 Å². The number of nitrogens with one attached hydrogen (secondary N) is 1. The smallest absolute Gasteiger partial charge is 0.00695 e. The fraction of sp³-hybridized carbons (Fsp3) is 1.00. The molecule has 104 valence electrons. The molecule has 0 fully saturated rings. The van der Waals surface area contributed by atoms with E-state index in [2.05, 4.69) is 39.9 Å². The molecule has 3 atom stereocenters. The highest BCUT2D eigenvalue weighted by Crippen LogP contribution is 2.15. The van der Waals surface area contributed by atoms with Crippen LogP contribution in [0.1, 0.15) is 86.0 Å². The predicted molar refractivity (Wildman–Crippen MR) is 79.5 cm³/mol. The van der Waals surface area contributed by atoms with Gasteiger partial charge in [-0.1, -0.05) is 60.3 Å². The van der Waals surface area contributed by atoms with Crippen molar-refractivity contribution in [3.8, 4) is 0 Å². The molecule has 0 saturated carbocycles. The van der Waals surface area contributed by atoms with Crippen LogP contribution in [-0.4, -0.2) is 12.1 Å². The van der Waals surface area contributed by atoms with Gasteiger partial charge in [0.15, 0.2) is 0 Å². The fourth-order valence-electron chi connectivity index (χ4n) is 2.45. The van der Waals surface area contributed by atoms with Crippen LogP contribution in [0, 0.1) is 5.92 Å². The Morgan fingerprint density at radius 3 is 2.00 bits per heavy atom. The van der Waals surface area contributed by atoms with Crippen molar-refractivity contribution in [2.45, 2.75) is 98.1 Å². The lowest BCUT2D eigenvalue weighted by molar-refractivity contribution is 0.324. The minimum Gasteiger partial charge on any atom is -0.311 e. The molecular weight excluding hydrogens is 206 g/mol. The Labute approximate surface area is 110 Å². The van der Waals surface area contributed by atoms with Crippen molar-refractivity contribution >= 4 is 0 Å². The van der Waals surface area contributed by atoms with Gasteiger partial charge in [0, 0.05) is 12.1 Å². The van der Waals surface area contributed by atoms with E-state index in [9.17, 15) is 0 Å². The van der Waals surface area contributed by atoms with Crippen LogP contribution in [0.15, 0.2) is 0 Å². The zero-order valence-electron chi connectivity index (χ0n) is 12.9. The molecule has 0 spiro atoms. The highest BCUT2D eigenvalue weighted by molar-refractivity contribution is 4.75. The third-order valence-electron chi connectivity index (χ3n) is 3.89. The molecule has 0 heterocycles. The van der Waals surface area contributed by atoms with E-state index >= 15 is 0 Å². The molecule has 0 rings (SSSR count). The van der Waals surface area contributed by atoms with Crippen molar-refractivity contribution in [2.75, 3.05) is 0 Å². The van der Waals surface area contributed by atoms with Gasteiger partial charge in [-0.25, -0.2) is 0 Å². The SMILES string of the molecule is CCCCC(CCC)NC(CC)CC(C)CC. The molecule has 0 aliphatic heterocycles. The summed E-state index contributed by atoms with van der Waals surface area (Å²) in [6, 6.07) is 1.49. The van der Waals surface area contributed by atoms with Crippen molar-refractivity contribution in [3.05, 3.63) is 0 Å². The van der Waals surface area contributed by atoms with Crippen LogP contribution in [0.5, 0.6) is 0 Å². The van der Waals surface area contributed by atoms with Crippen molar-refractivity contribution < 1.29 is 0 Å². The van der Waals surface area contributed by atoms with E-state index in [0.717, 1.165) is 18.0 Å². The lowest BCUT2D eigenvalue weighted by atomic mass is 9.95. The quantitative estimate of drug-likeness (QED) is 0.527. The maximum atomic E-state index is 3.90. The molecule has 0 aromatic rings. The van der Waals surface area contributed by atoms with Gasteiger partial charge in [0.1, 0.15) is 0 Å². The van der Waals surface area contributed by atoms with E-state index in [1.54, 1.807) is 0 Å². The molecule has 17 heavy (non-hydrogen) atoms. The molecule has 0 aliphatic carbocycles. The van der Waals surface area contributed by atoms with Gasteiger partial charge in [-0.15, -0.1) is 0 Å². The molecule has 1 nitrogen and oxygen atoms in total. The van der Waals surface area contributed by atoms with Crippen molar-refractivity contribution in [2.24, 2.45) is 5.92 Å². The third kappa shape index (κ3) is 8.65. The van der Waals surface area contributed by atoms with E-state index in [-0.39, 0.29) is 0 Å². The van der Waals surface area contributed by atoms with Crippen molar-refractivity contribution in [1.82, 2.24) is 5.32 Å². The number of unbranched alkanes of at least 4 members (excludes halogenated alkanes) is 1. The monoisotopic (exact) mass is 241 g/mol. The average Bonchev–Trinajstić information content (AvgIpc) is 2.34. The second-order valence-electron chi connectivity index (χ2n) is 5.65. The van der Waals surface area contributed by atoms with Crippen LogP contribution < -0.4 is 5.32 Å². The lowest BCUT2D eigenvalue weighted by Crippen LogP contribution is -2.38. The van der Waals surface area contributed by atoms with E-state index in [0.29, 0.717) is 0 Å². The van der Waals surface area contributed by atoms with Gasteiger partial charge in [-0.3, -0.25) is 0 Å². The molecular formula is C16H35N. The first-order chi connectivity index (χ1) is 8.17. The van der Waals surface area contributed by atoms with Gasteiger partial charge < -0.3 is 5.32 Å². The zero-order chi connectivity index (χ0) is 13.1. The first-order valence-electron chi connectivity index (χ1n) is 7.93. The fourth-order valence-corrected chi connectivity index (χ4v) is 2.45. The van der Waals surface area contributed by atoms with Crippen LogP contribution in [0.4, 0.5) is 0 Å². The van der Waals surface area contributed by atoms with Crippen LogP contribution in [0.3, 0.4) is 0 Å². The largest absolute Gasteiger partial charge is 0.311 e. The molecule has 1 N–H and O–H groups in total. The van der Waals surface area contributed by atoms with Gasteiger partial charge in [0.25, 0.3) is 0 Å². The molecule has 0 aliphatic rings. The molecule has 0 aromatic carbocycles. The molecule has 0 saturated heterocycles. The summed E-state index contributed by atoms with van der Waals surface area (Å²) in [6.07, 6.45) is 10.6. The normalized spacial score (nSPS) is 16.8. The van der Waals surface area contributed by atoms with Gasteiger partial charge in [0.05, 0.1) is 0 Å². The lowest BCUT2D eigenvalue weighted by Gasteiger charge is -2.27. The second kappa shape index (κ2) is 11.1. The molecule has 0 aromatic heterocycles. The summed E-state index contributed by atoms with van der Waals surface area (Å²) in [5.41, 5.74) is 0. The zero-order valence-corrected chi connectivity index (χ0v) is 12.9. The third-order valence-corrected chi connectivity index (χ3v) is 3.89. The summed E-state index contributed by atoms with van der Waals surface area (Å²) in [5.74, 6) is 0.862. The minimum atomic E-state index is 0.735. The number of rotatable bonds is 11. The summed E-state index contributed by atoms with van der Waals surface area (Å²) < 4.78 is 0. The van der Waals surface area contributed by atoms with Gasteiger partial charge in [0.2, 0.25) is 0 Å². The van der Waals surface area contributed by atoms with Crippen LogP contribution in [0.2, 0.25) is 0 Å².